The van der Waals surface area contributed by atoms with Crippen molar-refractivity contribution >= 4 is 0 Å². The third-order valence-corrected chi connectivity index (χ3v) is 2.96. The van der Waals surface area contributed by atoms with Gasteiger partial charge in [0.15, 0.2) is 0 Å². The number of unbranched alkanes of at least 4 members (excludes halogenated alkanes) is 9. The van der Waals surface area contributed by atoms with Gasteiger partial charge in [-0.1, -0.05) is 70.3 Å². The molecule has 0 radical (unpaired) electrons. The largest absolute Gasteiger partial charge is 0.309 e. The molecule has 3 heteroatoms. The predicted molar refractivity (Wildman–Crippen MR) is 76.5 cm³/mol. The first kappa shape index (κ1) is 18.9. The molecule has 0 aromatic carbocycles. The van der Waals surface area contributed by atoms with Crippen LogP contribution in [0.2, 0.25) is 0 Å². The van der Waals surface area contributed by atoms with Crippen molar-refractivity contribution in [2.45, 2.75) is 71.1 Å². The molecule has 0 spiro atoms. The molecule has 0 rings (SSSR count). The lowest BCUT2D eigenvalue weighted by Gasteiger charge is -2.08. The maximum absolute atomic E-state index is 7.50. The molecule has 0 aliphatic heterocycles. The standard InChI is InChI=1S/C14H31N.HNO/c1-4-5-6-7-8-9-10-11-12-13-14-15(2)3;1-2/h4-14H2,1-3H3;1H. The Morgan fingerprint density at radius 3 is 1.41 bits per heavy atom. The molecule has 104 valence electrons. The van der Waals surface area contributed by atoms with Crippen LogP contribution in [-0.2, 0) is 0 Å². The Balaban J connectivity index is 0. The zero-order chi connectivity index (χ0) is 13.4. The van der Waals surface area contributed by atoms with E-state index in [0.29, 0.717) is 0 Å². The fourth-order valence-corrected chi connectivity index (χ4v) is 1.92. The number of hydrogen-bond acceptors (Lipinski definition) is 3. The van der Waals surface area contributed by atoms with E-state index < -0.39 is 0 Å². The van der Waals surface area contributed by atoms with E-state index >= 15 is 0 Å². The Morgan fingerprint density at radius 1 is 0.706 bits per heavy atom. The van der Waals surface area contributed by atoms with Crippen molar-refractivity contribution in [1.29, 1.82) is 5.59 Å². The summed E-state index contributed by atoms with van der Waals surface area (Å²) in [6, 6.07) is 0. The minimum absolute atomic E-state index is 1.26. The van der Waals surface area contributed by atoms with Gasteiger partial charge >= 0.3 is 0 Å². The van der Waals surface area contributed by atoms with Crippen molar-refractivity contribution in [3.63, 3.8) is 0 Å². The topological polar surface area (TPSA) is 44.2 Å². The molecular weight excluding hydrogens is 212 g/mol. The minimum Gasteiger partial charge on any atom is -0.309 e. The lowest BCUT2D eigenvalue weighted by Crippen LogP contribution is -2.12. The van der Waals surface area contributed by atoms with Gasteiger partial charge in [-0.3, -0.25) is 0 Å². The Morgan fingerprint density at radius 2 is 1.06 bits per heavy atom. The second-order valence-electron chi connectivity index (χ2n) is 4.99. The molecule has 17 heavy (non-hydrogen) atoms. The molecule has 0 atom stereocenters. The van der Waals surface area contributed by atoms with Gasteiger partial charge in [0.05, 0.1) is 0 Å². The highest BCUT2D eigenvalue weighted by Gasteiger charge is 1.93. The lowest BCUT2D eigenvalue weighted by atomic mass is 10.1. The molecule has 0 aliphatic rings. The first-order valence-electron chi connectivity index (χ1n) is 7.12. The average Bonchev–Trinajstić information content (AvgIpc) is 2.34. The van der Waals surface area contributed by atoms with Crippen LogP contribution < -0.4 is 0 Å². The molecule has 0 heterocycles. The monoisotopic (exact) mass is 244 g/mol. The molecule has 0 bridgehead atoms. The van der Waals surface area contributed by atoms with E-state index in [4.69, 9.17) is 4.91 Å². The number of nitroso groups, excluding NO2 is 1. The maximum atomic E-state index is 7.50. The quantitative estimate of drug-likeness (QED) is 0.419. The van der Waals surface area contributed by atoms with Crippen molar-refractivity contribution in [2.75, 3.05) is 20.6 Å². The van der Waals surface area contributed by atoms with E-state index in [2.05, 4.69) is 31.5 Å². The van der Waals surface area contributed by atoms with Crippen molar-refractivity contribution < 1.29 is 0 Å². The number of nitrogens with zero attached hydrogens (tertiary/aromatic N) is 1. The molecule has 0 saturated heterocycles. The van der Waals surface area contributed by atoms with E-state index in [1.54, 1.807) is 0 Å². The Bertz CT molecular complexity index is 129. The SMILES string of the molecule is CCCCCCCCCCCCN(C)C.N=O. The van der Waals surface area contributed by atoms with Crippen LogP contribution in [0.15, 0.2) is 0 Å². The number of nitrogens with one attached hydrogen (secondary N) is 1. The highest BCUT2D eigenvalue weighted by Crippen LogP contribution is 2.10. The third-order valence-electron chi connectivity index (χ3n) is 2.96. The zero-order valence-corrected chi connectivity index (χ0v) is 12.1. The molecule has 0 aromatic heterocycles. The maximum Gasteiger partial charge on any atom is -0.00248 e. The van der Waals surface area contributed by atoms with Crippen LogP contribution in [0, 0.1) is 10.5 Å². The Kier molecular flexibility index (Phi) is 20.0. The first-order chi connectivity index (χ1) is 8.27. The molecular formula is C14H32N2O. The van der Waals surface area contributed by atoms with Crippen LogP contribution in [0.5, 0.6) is 0 Å². The lowest BCUT2D eigenvalue weighted by molar-refractivity contribution is 0.389. The van der Waals surface area contributed by atoms with E-state index in [-0.39, 0.29) is 0 Å². The highest BCUT2D eigenvalue weighted by atomic mass is 16.2. The van der Waals surface area contributed by atoms with Gasteiger partial charge < -0.3 is 4.90 Å². The summed E-state index contributed by atoms with van der Waals surface area (Å²) in [7, 11) is 4.32. The predicted octanol–water partition coefficient (Wildman–Crippen LogP) is 4.80. The van der Waals surface area contributed by atoms with Gasteiger partial charge in [0.25, 0.3) is 0 Å². The summed E-state index contributed by atoms with van der Waals surface area (Å²) in [5.41, 5.74) is 4.50. The fraction of sp³-hybridized carbons (Fsp3) is 1.00. The van der Waals surface area contributed by atoms with E-state index in [1.165, 1.54) is 70.8 Å². The van der Waals surface area contributed by atoms with Gasteiger partial charge in [0.2, 0.25) is 0 Å². The summed E-state index contributed by atoms with van der Waals surface area (Å²) in [6.45, 7) is 3.54. The summed E-state index contributed by atoms with van der Waals surface area (Å²) in [5.74, 6) is 0. The molecule has 0 amide bonds. The van der Waals surface area contributed by atoms with Crippen molar-refractivity contribution in [2.24, 2.45) is 0 Å². The summed E-state index contributed by atoms with van der Waals surface area (Å²) < 4.78 is 0. The van der Waals surface area contributed by atoms with Crippen LogP contribution in [0.1, 0.15) is 71.1 Å². The van der Waals surface area contributed by atoms with Gasteiger partial charge in [-0.05, 0) is 27.1 Å². The molecule has 0 fully saturated rings. The van der Waals surface area contributed by atoms with Crippen LogP contribution >= 0.6 is 0 Å². The summed E-state index contributed by atoms with van der Waals surface area (Å²) in [4.78, 5) is 9.78. The first-order valence-corrected chi connectivity index (χ1v) is 7.12. The van der Waals surface area contributed by atoms with E-state index in [9.17, 15) is 0 Å². The van der Waals surface area contributed by atoms with E-state index in [1.807, 2.05) is 0 Å². The van der Waals surface area contributed by atoms with Gasteiger partial charge in [-0.15, -0.1) is 0 Å². The molecule has 0 saturated carbocycles. The van der Waals surface area contributed by atoms with Gasteiger partial charge in [-0.2, -0.15) is 4.91 Å². The zero-order valence-electron chi connectivity index (χ0n) is 12.1. The minimum atomic E-state index is 1.26. The van der Waals surface area contributed by atoms with Crippen molar-refractivity contribution in [1.82, 2.24) is 4.90 Å². The normalized spacial score (nSPS) is 10.1. The van der Waals surface area contributed by atoms with Crippen LogP contribution in [0.4, 0.5) is 0 Å². The number of hydrogen-bond donors (Lipinski definition) is 1. The molecule has 0 unspecified atom stereocenters. The molecule has 1 N–H and O–H groups in total. The highest BCUT2D eigenvalue weighted by molar-refractivity contribution is 4.49. The molecule has 0 aliphatic carbocycles. The van der Waals surface area contributed by atoms with Crippen molar-refractivity contribution in [3.05, 3.63) is 4.91 Å². The van der Waals surface area contributed by atoms with Gasteiger partial charge in [0.1, 0.15) is 0 Å². The summed E-state index contributed by atoms with van der Waals surface area (Å²) in [5, 5.41) is 0. The summed E-state index contributed by atoms with van der Waals surface area (Å²) in [6.07, 6.45) is 14.4. The Hall–Kier alpha value is -0.440. The second kappa shape index (κ2) is 17.9. The van der Waals surface area contributed by atoms with Gasteiger partial charge in [-0.25, -0.2) is 0 Å². The van der Waals surface area contributed by atoms with Crippen LogP contribution in [-0.4, -0.2) is 25.5 Å². The third kappa shape index (κ3) is 21.4. The van der Waals surface area contributed by atoms with Gasteiger partial charge in [0, 0.05) is 0 Å². The average molecular weight is 244 g/mol. The molecule has 0 aromatic rings. The smallest absolute Gasteiger partial charge is 0.00248 e. The summed E-state index contributed by atoms with van der Waals surface area (Å²) >= 11 is 0. The fourth-order valence-electron chi connectivity index (χ4n) is 1.92. The van der Waals surface area contributed by atoms with Crippen LogP contribution in [0.3, 0.4) is 0 Å². The molecule has 3 nitrogen and oxygen atoms in total. The van der Waals surface area contributed by atoms with Crippen molar-refractivity contribution in [3.8, 4) is 0 Å². The van der Waals surface area contributed by atoms with E-state index in [0.717, 1.165) is 0 Å². The second-order valence-corrected chi connectivity index (χ2v) is 4.99. The number of rotatable bonds is 11. The Labute approximate surface area is 108 Å². The van der Waals surface area contributed by atoms with Crippen LogP contribution in [0.25, 0.3) is 0 Å².